The second-order valence-corrected chi connectivity index (χ2v) is 4.67. The number of unbranched alkanes of at least 4 members (excludes halogenated alkanes) is 2. The fraction of sp³-hybridized carbons (Fsp3) is 0.857. The van der Waals surface area contributed by atoms with Crippen molar-refractivity contribution >= 4 is 0 Å². The first kappa shape index (κ1) is 13.7. The molecule has 2 unspecified atom stereocenters. The van der Waals surface area contributed by atoms with E-state index in [2.05, 4.69) is 34.3 Å². The van der Waals surface area contributed by atoms with E-state index in [4.69, 9.17) is 0 Å². The molecule has 0 aromatic heterocycles. The highest BCUT2D eigenvalue weighted by atomic mass is 14.2. The fourth-order valence-electron chi connectivity index (χ4n) is 1.81. The fourth-order valence-corrected chi connectivity index (χ4v) is 1.81. The summed E-state index contributed by atoms with van der Waals surface area (Å²) in [4.78, 5) is 0. The van der Waals surface area contributed by atoms with E-state index in [0.717, 1.165) is 5.92 Å². The predicted octanol–water partition coefficient (Wildman–Crippen LogP) is 5.20. The monoisotopic (exact) mass is 196 g/mol. The Bertz CT molecular complexity index is 146. The molecule has 0 heteroatoms. The van der Waals surface area contributed by atoms with Crippen molar-refractivity contribution in [2.24, 2.45) is 11.8 Å². The van der Waals surface area contributed by atoms with Gasteiger partial charge in [-0.15, -0.1) is 0 Å². The maximum Gasteiger partial charge on any atom is -0.0209 e. The van der Waals surface area contributed by atoms with E-state index in [1.54, 1.807) is 0 Å². The van der Waals surface area contributed by atoms with Crippen molar-refractivity contribution in [2.45, 2.75) is 66.2 Å². The first-order valence-corrected chi connectivity index (χ1v) is 6.31. The molecule has 0 aromatic carbocycles. The molecule has 0 N–H and O–H groups in total. The summed E-state index contributed by atoms with van der Waals surface area (Å²) < 4.78 is 0. The smallest absolute Gasteiger partial charge is 0.0209 e. The lowest BCUT2D eigenvalue weighted by molar-refractivity contribution is 0.389. The van der Waals surface area contributed by atoms with Crippen molar-refractivity contribution in [3.05, 3.63) is 12.2 Å². The number of hydrogen-bond acceptors (Lipinski definition) is 0. The van der Waals surface area contributed by atoms with Crippen molar-refractivity contribution in [3.63, 3.8) is 0 Å². The lowest BCUT2D eigenvalue weighted by Gasteiger charge is -2.22. The Morgan fingerprint density at radius 3 is 2.14 bits per heavy atom. The third-order valence-corrected chi connectivity index (χ3v) is 3.36. The molecule has 0 heterocycles. The van der Waals surface area contributed by atoms with Gasteiger partial charge >= 0.3 is 0 Å². The minimum absolute atomic E-state index is 0.716. The average Bonchev–Trinajstić information content (AvgIpc) is 2.21. The summed E-state index contributed by atoms with van der Waals surface area (Å²) in [5.74, 6) is 1.53. The molecule has 0 saturated carbocycles. The zero-order valence-electron chi connectivity index (χ0n) is 10.6. The van der Waals surface area contributed by atoms with Crippen LogP contribution < -0.4 is 0 Å². The zero-order valence-corrected chi connectivity index (χ0v) is 10.6. The molecule has 0 radical (unpaired) electrons. The first-order valence-electron chi connectivity index (χ1n) is 6.31. The van der Waals surface area contributed by atoms with Crippen LogP contribution in [-0.4, -0.2) is 0 Å². The summed E-state index contributed by atoms with van der Waals surface area (Å²) in [6, 6.07) is 0. The summed E-state index contributed by atoms with van der Waals surface area (Å²) in [6.07, 6.45) is 7.88. The van der Waals surface area contributed by atoms with Crippen LogP contribution in [0.15, 0.2) is 12.2 Å². The Balaban J connectivity index is 3.78. The van der Waals surface area contributed by atoms with Crippen molar-refractivity contribution in [3.8, 4) is 0 Å². The third kappa shape index (κ3) is 5.47. The summed E-state index contributed by atoms with van der Waals surface area (Å²) in [5.41, 5.74) is 1.47. The molecular weight excluding hydrogens is 168 g/mol. The van der Waals surface area contributed by atoms with Crippen LogP contribution in [0.2, 0.25) is 0 Å². The van der Waals surface area contributed by atoms with Gasteiger partial charge in [-0.3, -0.25) is 0 Å². The van der Waals surface area contributed by atoms with Crippen LogP contribution in [0.3, 0.4) is 0 Å². The van der Waals surface area contributed by atoms with Crippen LogP contribution in [0.4, 0.5) is 0 Å². The molecular formula is C14H28. The molecule has 0 fully saturated rings. The van der Waals surface area contributed by atoms with Gasteiger partial charge in [0.1, 0.15) is 0 Å². The summed E-state index contributed by atoms with van der Waals surface area (Å²) in [5, 5.41) is 0. The van der Waals surface area contributed by atoms with Gasteiger partial charge in [-0.25, -0.2) is 0 Å². The second kappa shape index (κ2) is 8.08. The Morgan fingerprint density at radius 1 is 1.07 bits per heavy atom. The molecule has 0 rings (SSSR count). The second-order valence-electron chi connectivity index (χ2n) is 4.67. The van der Waals surface area contributed by atoms with Gasteiger partial charge < -0.3 is 0 Å². The average molecular weight is 196 g/mol. The van der Waals surface area contributed by atoms with Gasteiger partial charge in [0.05, 0.1) is 0 Å². The van der Waals surface area contributed by atoms with Crippen molar-refractivity contribution in [1.29, 1.82) is 0 Å². The molecule has 0 amide bonds. The van der Waals surface area contributed by atoms with Crippen LogP contribution in [0.1, 0.15) is 66.2 Å². The molecule has 0 aliphatic heterocycles. The molecule has 84 valence electrons. The van der Waals surface area contributed by atoms with Crippen LogP contribution >= 0.6 is 0 Å². The maximum absolute atomic E-state index is 4.22. The minimum Gasteiger partial charge on any atom is -0.0996 e. The molecule has 0 aliphatic carbocycles. The summed E-state index contributed by atoms with van der Waals surface area (Å²) >= 11 is 0. The van der Waals surface area contributed by atoms with Gasteiger partial charge in [-0.2, -0.15) is 0 Å². The Labute approximate surface area is 90.8 Å². The summed E-state index contributed by atoms with van der Waals surface area (Å²) in [7, 11) is 0. The van der Waals surface area contributed by atoms with Crippen LogP contribution in [-0.2, 0) is 0 Å². The number of allylic oxidation sites excluding steroid dienone is 1. The van der Waals surface area contributed by atoms with Gasteiger partial charge in [-0.1, -0.05) is 65.5 Å². The van der Waals surface area contributed by atoms with E-state index in [1.807, 2.05) is 0 Å². The van der Waals surface area contributed by atoms with Gasteiger partial charge in [0.25, 0.3) is 0 Å². The predicted molar refractivity (Wildman–Crippen MR) is 66.5 cm³/mol. The number of hydrogen-bond donors (Lipinski definition) is 0. The largest absolute Gasteiger partial charge is 0.0996 e. The molecule has 0 aromatic rings. The molecule has 0 bridgehead atoms. The van der Waals surface area contributed by atoms with Gasteiger partial charge in [0.2, 0.25) is 0 Å². The van der Waals surface area contributed by atoms with Gasteiger partial charge in [-0.05, 0) is 24.7 Å². The van der Waals surface area contributed by atoms with Crippen LogP contribution in [0, 0.1) is 11.8 Å². The Kier molecular flexibility index (Phi) is 7.93. The van der Waals surface area contributed by atoms with E-state index >= 15 is 0 Å². The normalized spacial score (nSPS) is 15.1. The quantitative estimate of drug-likeness (QED) is 0.468. The molecule has 0 spiro atoms. The Hall–Kier alpha value is -0.260. The molecule has 2 atom stereocenters. The topological polar surface area (TPSA) is 0 Å². The lowest BCUT2D eigenvalue weighted by atomic mass is 9.84. The third-order valence-electron chi connectivity index (χ3n) is 3.36. The van der Waals surface area contributed by atoms with Crippen LogP contribution in [0.25, 0.3) is 0 Å². The SMILES string of the molecule is C=C(CCCC)C(C)C(C)CCCC. The zero-order chi connectivity index (χ0) is 11.0. The van der Waals surface area contributed by atoms with E-state index in [0.29, 0.717) is 5.92 Å². The van der Waals surface area contributed by atoms with Crippen molar-refractivity contribution < 1.29 is 0 Å². The Morgan fingerprint density at radius 2 is 1.64 bits per heavy atom. The standard InChI is InChI=1S/C14H28/c1-6-8-10-12(3)14(5)13(4)11-9-7-2/h13-14H,3,6-11H2,1-2,4-5H3. The van der Waals surface area contributed by atoms with Crippen molar-refractivity contribution in [2.75, 3.05) is 0 Å². The van der Waals surface area contributed by atoms with E-state index < -0.39 is 0 Å². The highest BCUT2D eigenvalue weighted by molar-refractivity contribution is 5.00. The van der Waals surface area contributed by atoms with E-state index in [9.17, 15) is 0 Å². The highest BCUT2D eigenvalue weighted by Crippen LogP contribution is 2.26. The number of rotatable bonds is 8. The highest BCUT2D eigenvalue weighted by Gasteiger charge is 2.13. The minimum atomic E-state index is 0.716. The van der Waals surface area contributed by atoms with Crippen LogP contribution in [0.5, 0.6) is 0 Å². The molecule has 14 heavy (non-hydrogen) atoms. The van der Waals surface area contributed by atoms with E-state index in [1.165, 1.54) is 44.1 Å². The molecule has 0 aliphatic rings. The van der Waals surface area contributed by atoms with Gasteiger partial charge in [0.15, 0.2) is 0 Å². The molecule has 0 nitrogen and oxygen atoms in total. The molecule has 0 saturated heterocycles. The lowest BCUT2D eigenvalue weighted by Crippen LogP contribution is -2.10. The van der Waals surface area contributed by atoms with E-state index in [-0.39, 0.29) is 0 Å². The summed E-state index contributed by atoms with van der Waals surface area (Å²) in [6.45, 7) is 13.5. The first-order chi connectivity index (χ1) is 6.63. The van der Waals surface area contributed by atoms with Gasteiger partial charge in [0, 0.05) is 0 Å². The maximum atomic E-state index is 4.22. The van der Waals surface area contributed by atoms with Crippen molar-refractivity contribution in [1.82, 2.24) is 0 Å².